The van der Waals surface area contributed by atoms with Crippen molar-refractivity contribution >= 4 is 21.6 Å². The van der Waals surface area contributed by atoms with Crippen molar-refractivity contribution in [2.45, 2.75) is 31.9 Å². The second-order valence-corrected chi connectivity index (χ2v) is 8.64. The summed E-state index contributed by atoms with van der Waals surface area (Å²) in [5.74, 6) is 1.34. The molecule has 0 bridgehead atoms. The molecule has 0 spiro atoms. The van der Waals surface area contributed by atoms with E-state index in [2.05, 4.69) is 4.98 Å². The van der Waals surface area contributed by atoms with Crippen LogP contribution in [0.15, 0.2) is 35.1 Å². The molecule has 0 aliphatic heterocycles. The number of ether oxygens (including phenoxy) is 2. The van der Waals surface area contributed by atoms with Gasteiger partial charge in [-0.05, 0) is 37.0 Å². The lowest BCUT2D eigenvalue weighted by Crippen LogP contribution is -2.38. The van der Waals surface area contributed by atoms with Crippen LogP contribution >= 0.6 is 11.3 Å². The molecule has 1 unspecified atom stereocenters. The van der Waals surface area contributed by atoms with Crippen LogP contribution in [0.4, 0.5) is 0 Å². The van der Waals surface area contributed by atoms with Gasteiger partial charge in [0.2, 0.25) is 0 Å². The van der Waals surface area contributed by atoms with E-state index in [1.54, 1.807) is 18.4 Å². The zero-order valence-corrected chi connectivity index (χ0v) is 17.9. The largest absolute Gasteiger partial charge is 0.491 e. The third-order valence-corrected chi connectivity index (χ3v) is 6.45. The Morgan fingerprint density at radius 2 is 2.13 bits per heavy atom. The Balaban J connectivity index is 1.44. The van der Waals surface area contributed by atoms with E-state index < -0.39 is 6.10 Å². The summed E-state index contributed by atoms with van der Waals surface area (Å²) >= 11 is 1.64. The summed E-state index contributed by atoms with van der Waals surface area (Å²) in [4.78, 5) is 24.5. The van der Waals surface area contributed by atoms with Crippen molar-refractivity contribution in [2.24, 2.45) is 0 Å². The lowest BCUT2D eigenvalue weighted by atomic mass is 10.2. The van der Waals surface area contributed by atoms with Gasteiger partial charge in [-0.1, -0.05) is 18.2 Å². The standard InChI is InChI=1S/C22H27N3O4S/c1-28-11-10-25(12-15(26)14-29-16-6-3-2-4-7-16)13-19-23-21(27)20-17-8-5-9-18(17)30-22(20)24-19/h2-4,6-7,15,26H,5,8-14H2,1H3,(H,23,24,27). The predicted octanol–water partition coefficient (Wildman–Crippen LogP) is 2.36. The number of methoxy groups -OCH3 is 1. The first kappa shape index (κ1) is 21.0. The molecule has 0 saturated carbocycles. The van der Waals surface area contributed by atoms with Crippen molar-refractivity contribution in [3.8, 4) is 5.75 Å². The fraction of sp³-hybridized carbons (Fsp3) is 0.455. The third kappa shape index (κ3) is 4.89. The van der Waals surface area contributed by atoms with Crippen LogP contribution in [0, 0.1) is 0 Å². The van der Waals surface area contributed by atoms with Gasteiger partial charge >= 0.3 is 0 Å². The van der Waals surface area contributed by atoms with Crippen LogP contribution in [-0.4, -0.2) is 59.5 Å². The van der Waals surface area contributed by atoms with E-state index in [1.165, 1.54) is 10.4 Å². The van der Waals surface area contributed by atoms with Crippen molar-refractivity contribution in [3.63, 3.8) is 0 Å². The number of H-pyrrole nitrogens is 1. The maximum atomic E-state index is 12.7. The molecule has 0 saturated heterocycles. The number of aliphatic hydroxyl groups is 1. The minimum absolute atomic E-state index is 0.0611. The van der Waals surface area contributed by atoms with E-state index >= 15 is 0 Å². The third-order valence-electron chi connectivity index (χ3n) is 5.26. The summed E-state index contributed by atoms with van der Waals surface area (Å²) < 4.78 is 10.9. The predicted molar refractivity (Wildman–Crippen MR) is 117 cm³/mol. The molecule has 0 amide bonds. The Kier molecular flexibility index (Phi) is 6.79. The molecule has 7 nitrogen and oxygen atoms in total. The first-order chi connectivity index (χ1) is 14.6. The van der Waals surface area contributed by atoms with Crippen LogP contribution in [0.5, 0.6) is 5.75 Å². The Labute approximate surface area is 179 Å². The van der Waals surface area contributed by atoms with Crippen molar-refractivity contribution < 1.29 is 14.6 Å². The highest BCUT2D eigenvalue weighted by Gasteiger charge is 2.22. The molecule has 2 N–H and O–H groups in total. The van der Waals surface area contributed by atoms with E-state index in [9.17, 15) is 9.90 Å². The zero-order chi connectivity index (χ0) is 20.9. The second-order valence-electron chi connectivity index (χ2n) is 7.56. The van der Waals surface area contributed by atoms with E-state index in [1.807, 2.05) is 35.2 Å². The van der Waals surface area contributed by atoms with Crippen molar-refractivity contribution in [1.29, 1.82) is 0 Å². The van der Waals surface area contributed by atoms with E-state index in [4.69, 9.17) is 14.5 Å². The summed E-state index contributed by atoms with van der Waals surface area (Å²) in [5.41, 5.74) is 1.12. The van der Waals surface area contributed by atoms with Gasteiger partial charge in [0.05, 0.1) is 18.5 Å². The van der Waals surface area contributed by atoms with Gasteiger partial charge in [-0.25, -0.2) is 4.98 Å². The molecule has 30 heavy (non-hydrogen) atoms. The number of nitrogens with one attached hydrogen (secondary N) is 1. The highest BCUT2D eigenvalue weighted by atomic mass is 32.1. The number of hydrogen-bond acceptors (Lipinski definition) is 7. The number of thiophene rings is 1. The van der Waals surface area contributed by atoms with Crippen LogP contribution in [0.2, 0.25) is 0 Å². The van der Waals surface area contributed by atoms with Crippen molar-refractivity contribution in [2.75, 3.05) is 33.4 Å². The average molecular weight is 430 g/mol. The molecule has 1 aromatic carbocycles. The highest BCUT2D eigenvalue weighted by Crippen LogP contribution is 2.34. The van der Waals surface area contributed by atoms with Crippen molar-refractivity contribution in [3.05, 3.63) is 57.0 Å². The van der Waals surface area contributed by atoms with Gasteiger partial charge in [-0.2, -0.15) is 0 Å². The maximum Gasteiger partial charge on any atom is 0.259 e. The Morgan fingerprint density at radius 3 is 2.93 bits per heavy atom. The van der Waals surface area contributed by atoms with Crippen LogP contribution < -0.4 is 10.3 Å². The Bertz CT molecular complexity index is 1030. The summed E-state index contributed by atoms with van der Waals surface area (Å²) in [6, 6.07) is 9.43. The van der Waals surface area contributed by atoms with Gasteiger partial charge in [0.25, 0.3) is 5.56 Å². The topological polar surface area (TPSA) is 87.7 Å². The van der Waals surface area contributed by atoms with Crippen molar-refractivity contribution in [1.82, 2.24) is 14.9 Å². The first-order valence-corrected chi connectivity index (χ1v) is 11.1. The quantitative estimate of drug-likeness (QED) is 0.515. The number of aryl methyl sites for hydroxylation is 2. The number of hydrogen-bond donors (Lipinski definition) is 2. The van der Waals surface area contributed by atoms with E-state index in [-0.39, 0.29) is 12.2 Å². The summed E-state index contributed by atoms with van der Waals surface area (Å²) in [7, 11) is 1.65. The molecule has 0 radical (unpaired) electrons. The first-order valence-electron chi connectivity index (χ1n) is 10.2. The van der Waals surface area contributed by atoms with Gasteiger partial charge in [-0.3, -0.25) is 9.69 Å². The number of aliphatic hydroxyl groups excluding tert-OH is 1. The highest BCUT2D eigenvalue weighted by molar-refractivity contribution is 7.18. The monoisotopic (exact) mass is 429 g/mol. The number of aromatic nitrogens is 2. The second kappa shape index (κ2) is 9.70. The molecular formula is C22H27N3O4S. The van der Waals surface area contributed by atoms with Gasteiger partial charge in [-0.15, -0.1) is 11.3 Å². The molecule has 2 heterocycles. The molecule has 8 heteroatoms. The minimum atomic E-state index is -0.678. The molecule has 1 aliphatic rings. The van der Waals surface area contributed by atoms with Gasteiger partial charge in [0, 0.05) is 25.1 Å². The normalized spacial score (nSPS) is 14.4. The minimum Gasteiger partial charge on any atom is -0.491 e. The summed E-state index contributed by atoms with van der Waals surface area (Å²) in [6.07, 6.45) is 2.45. The Morgan fingerprint density at radius 1 is 1.30 bits per heavy atom. The van der Waals surface area contributed by atoms with Crippen LogP contribution in [0.3, 0.4) is 0 Å². The summed E-state index contributed by atoms with van der Waals surface area (Å²) in [5, 5.41) is 11.2. The molecular weight excluding hydrogens is 402 g/mol. The number of aromatic amines is 1. The number of para-hydroxylation sites is 1. The smallest absolute Gasteiger partial charge is 0.259 e. The SMILES string of the molecule is COCCN(Cc1nc2sc3c(c2c(=O)[nH]1)CCC3)CC(O)COc1ccccc1. The summed E-state index contributed by atoms with van der Waals surface area (Å²) in [6.45, 7) is 2.14. The van der Waals surface area contributed by atoms with E-state index in [0.717, 1.165) is 35.2 Å². The fourth-order valence-corrected chi connectivity index (χ4v) is 5.13. The van der Waals surface area contributed by atoms with Gasteiger partial charge in [0.1, 0.15) is 29.1 Å². The molecule has 4 rings (SSSR count). The molecule has 1 atom stereocenters. The number of nitrogens with zero attached hydrogens (tertiary/aromatic N) is 2. The van der Waals surface area contributed by atoms with Crippen LogP contribution in [0.1, 0.15) is 22.7 Å². The molecule has 2 aromatic heterocycles. The zero-order valence-electron chi connectivity index (χ0n) is 17.1. The van der Waals surface area contributed by atoms with Gasteiger partial charge in [0.15, 0.2) is 0 Å². The maximum absolute atomic E-state index is 12.7. The van der Waals surface area contributed by atoms with Crippen LogP contribution in [-0.2, 0) is 24.1 Å². The van der Waals surface area contributed by atoms with Crippen LogP contribution in [0.25, 0.3) is 10.2 Å². The molecule has 1 aliphatic carbocycles. The Hall–Kier alpha value is -2.26. The number of fused-ring (bicyclic) bond motifs is 3. The molecule has 3 aromatic rings. The lowest BCUT2D eigenvalue weighted by Gasteiger charge is -2.24. The molecule has 160 valence electrons. The fourth-order valence-electron chi connectivity index (χ4n) is 3.85. The van der Waals surface area contributed by atoms with Gasteiger partial charge < -0.3 is 19.6 Å². The van der Waals surface area contributed by atoms with E-state index in [0.29, 0.717) is 32.1 Å². The molecule has 0 fully saturated rings. The number of benzene rings is 1. The lowest BCUT2D eigenvalue weighted by molar-refractivity contribution is 0.0533. The average Bonchev–Trinajstić information content (AvgIpc) is 3.32. The number of rotatable bonds is 10.